The van der Waals surface area contributed by atoms with Gasteiger partial charge in [-0.25, -0.2) is 4.99 Å². The van der Waals surface area contributed by atoms with E-state index in [1.165, 1.54) is 25.7 Å². The van der Waals surface area contributed by atoms with Crippen LogP contribution >= 0.6 is 24.0 Å². The second-order valence-corrected chi connectivity index (χ2v) is 7.08. The number of guanidine groups is 1. The number of hydrogen-bond acceptors (Lipinski definition) is 5. The molecule has 2 N–H and O–H groups in total. The molecule has 0 amide bonds. The van der Waals surface area contributed by atoms with Crippen LogP contribution in [0.5, 0.6) is 17.2 Å². The molecule has 0 bridgehead atoms. The van der Waals surface area contributed by atoms with Gasteiger partial charge in [0.05, 0.1) is 34.1 Å². The number of nitrogens with zero attached hydrogens (tertiary/aromatic N) is 1. The minimum Gasteiger partial charge on any atom is -0.493 e. The molecule has 0 spiro atoms. The van der Waals surface area contributed by atoms with Crippen molar-refractivity contribution in [1.82, 2.24) is 10.6 Å². The van der Waals surface area contributed by atoms with E-state index in [4.69, 9.17) is 23.6 Å². The van der Waals surface area contributed by atoms with Gasteiger partial charge in [0.15, 0.2) is 17.5 Å². The SMILES string of the molecule is COc1cc(CN=C(NCCc2ccco2)NC2CCCC2)cc(OC)c1OC.I. The number of halogens is 1. The number of ether oxygens (including phenoxy) is 3. The molecule has 30 heavy (non-hydrogen) atoms. The number of methoxy groups -OCH3 is 3. The molecule has 2 aromatic rings. The topological polar surface area (TPSA) is 77.2 Å². The largest absolute Gasteiger partial charge is 0.493 e. The normalized spacial score (nSPS) is 14.2. The zero-order valence-corrected chi connectivity index (χ0v) is 20.2. The third kappa shape index (κ3) is 6.72. The summed E-state index contributed by atoms with van der Waals surface area (Å²) in [5, 5.41) is 6.99. The Labute approximate surface area is 195 Å². The summed E-state index contributed by atoms with van der Waals surface area (Å²) >= 11 is 0. The zero-order chi connectivity index (χ0) is 20.5. The van der Waals surface area contributed by atoms with Crippen LogP contribution in [0.15, 0.2) is 39.9 Å². The van der Waals surface area contributed by atoms with E-state index >= 15 is 0 Å². The van der Waals surface area contributed by atoms with Crippen LogP contribution in [0.4, 0.5) is 0 Å². The van der Waals surface area contributed by atoms with Gasteiger partial charge in [0.25, 0.3) is 0 Å². The summed E-state index contributed by atoms with van der Waals surface area (Å²) in [4.78, 5) is 4.79. The predicted molar refractivity (Wildman–Crippen MR) is 128 cm³/mol. The van der Waals surface area contributed by atoms with Gasteiger partial charge in [-0.15, -0.1) is 24.0 Å². The third-order valence-electron chi connectivity index (χ3n) is 5.08. The molecule has 1 aromatic carbocycles. The summed E-state index contributed by atoms with van der Waals surface area (Å²) in [7, 11) is 4.84. The van der Waals surface area contributed by atoms with Crippen molar-refractivity contribution >= 4 is 29.9 Å². The maximum absolute atomic E-state index is 5.44. The molecule has 0 radical (unpaired) electrons. The lowest BCUT2D eigenvalue weighted by molar-refractivity contribution is 0.324. The van der Waals surface area contributed by atoms with Crippen LogP contribution < -0.4 is 24.8 Å². The van der Waals surface area contributed by atoms with E-state index in [2.05, 4.69) is 10.6 Å². The van der Waals surface area contributed by atoms with Crippen LogP contribution in [0.2, 0.25) is 0 Å². The Morgan fingerprint density at radius 2 is 1.80 bits per heavy atom. The highest BCUT2D eigenvalue weighted by atomic mass is 127. The molecule has 3 rings (SSSR count). The van der Waals surface area contributed by atoms with E-state index in [1.54, 1.807) is 27.6 Å². The molecule has 8 heteroatoms. The molecule has 0 atom stereocenters. The first-order chi connectivity index (χ1) is 14.2. The van der Waals surface area contributed by atoms with Crippen molar-refractivity contribution in [1.29, 1.82) is 0 Å². The van der Waals surface area contributed by atoms with Gasteiger partial charge in [0.2, 0.25) is 5.75 Å². The standard InChI is InChI=1S/C22H31N3O4.HI/c1-26-19-13-16(14-20(27-2)21(19)28-3)15-24-22(25-17-7-4-5-8-17)23-11-10-18-9-6-12-29-18;/h6,9,12-14,17H,4-5,7-8,10-11,15H2,1-3H3,(H2,23,24,25);1H. The van der Waals surface area contributed by atoms with Crippen molar-refractivity contribution < 1.29 is 18.6 Å². The maximum atomic E-state index is 5.44. The van der Waals surface area contributed by atoms with Crippen LogP contribution in [-0.4, -0.2) is 39.9 Å². The Kier molecular flexibility index (Phi) is 10.1. The number of rotatable bonds is 9. The van der Waals surface area contributed by atoms with Crippen LogP contribution in [0, 0.1) is 0 Å². The maximum Gasteiger partial charge on any atom is 0.203 e. The van der Waals surface area contributed by atoms with Gasteiger partial charge in [0.1, 0.15) is 5.76 Å². The lowest BCUT2D eigenvalue weighted by atomic mass is 10.2. The van der Waals surface area contributed by atoms with Gasteiger partial charge >= 0.3 is 0 Å². The molecule has 1 fully saturated rings. The van der Waals surface area contributed by atoms with Gasteiger partial charge in [0, 0.05) is 19.0 Å². The van der Waals surface area contributed by atoms with Crippen molar-refractivity contribution in [3.8, 4) is 17.2 Å². The van der Waals surface area contributed by atoms with Crippen LogP contribution in [0.1, 0.15) is 37.0 Å². The summed E-state index contributed by atoms with van der Waals surface area (Å²) in [5.41, 5.74) is 0.984. The highest BCUT2D eigenvalue weighted by Gasteiger charge is 2.17. The first-order valence-electron chi connectivity index (χ1n) is 10.1. The first kappa shape index (κ1) is 24.2. The lowest BCUT2D eigenvalue weighted by Crippen LogP contribution is -2.43. The fourth-order valence-corrected chi connectivity index (χ4v) is 3.57. The summed E-state index contributed by atoms with van der Waals surface area (Å²) in [6.07, 6.45) is 7.41. The number of hydrogen-bond donors (Lipinski definition) is 2. The first-order valence-corrected chi connectivity index (χ1v) is 10.1. The molecule has 1 aromatic heterocycles. The van der Waals surface area contributed by atoms with Crippen molar-refractivity contribution in [2.24, 2.45) is 4.99 Å². The van der Waals surface area contributed by atoms with E-state index in [0.717, 1.165) is 30.2 Å². The molecular weight excluding hydrogens is 497 g/mol. The minimum atomic E-state index is 0. The van der Waals surface area contributed by atoms with Crippen molar-refractivity contribution in [2.75, 3.05) is 27.9 Å². The molecule has 0 unspecified atom stereocenters. The van der Waals surface area contributed by atoms with Gasteiger partial charge in [-0.05, 0) is 42.7 Å². The molecule has 1 saturated carbocycles. The average Bonchev–Trinajstić information content (AvgIpc) is 3.45. The second kappa shape index (κ2) is 12.6. The molecule has 7 nitrogen and oxygen atoms in total. The number of nitrogens with one attached hydrogen (secondary N) is 2. The number of benzene rings is 1. The van der Waals surface area contributed by atoms with Crippen molar-refractivity contribution in [3.63, 3.8) is 0 Å². The number of furan rings is 1. The fourth-order valence-electron chi connectivity index (χ4n) is 3.57. The monoisotopic (exact) mass is 529 g/mol. The molecule has 0 saturated heterocycles. The quantitative estimate of drug-likeness (QED) is 0.289. The molecule has 1 aliphatic carbocycles. The van der Waals surface area contributed by atoms with E-state index in [9.17, 15) is 0 Å². The smallest absolute Gasteiger partial charge is 0.203 e. The highest BCUT2D eigenvalue weighted by molar-refractivity contribution is 14.0. The fraction of sp³-hybridized carbons (Fsp3) is 0.500. The minimum absolute atomic E-state index is 0. The highest BCUT2D eigenvalue weighted by Crippen LogP contribution is 2.38. The Morgan fingerprint density at radius 3 is 2.37 bits per heavy atom. The van der Waals surface area contributed by atoms with Crippen LogP contribution in [-0.2, 0) is 13.0 Å². The van der Waals surface area contributed by atoms with Gasteiger partial charge in [-0.1, -0.05) is 12.8 Å². The molecule has 1 aliphatic rings. The summed E-state index contributed by atoms with van der Waals surface area (Å²) in [5.74, 6) is 3.63. The molecule has 166 valence electrons. The predicted octanol–water partition coefficient (Wildman–Crippen LogP) is 4.14. The number of aliphatic imine (C=N–C) groups is 1. The summed E-state index contributed by atoms with van der Waals surface area (Å²) in [6, 6.07) is 8.23. The Bertz CT molecular complexity index is 765. The van der Waals surface area contributed by atoms with E-state index in [1.807, 2.05) is 24.3 Å². The third-order valence-corrected chi connectivity index (χ3v) is 5.08. The van der Waals surface area contributed by atoms with E-state index in [0.29, 0.717) is 29.8 Å². The summed E-state index contributed by atoms with van der Waals surface area (Å²) < 4.78 is 21.7. The van der Waals surface area contributed by atoms with Gasteiger partial charge in [-0.3, -0.25) is 0 Å². The second-order valence-electron chi connectivity index (χ2n) is 7.08. The van der Waals surface area contributed by atoms with Crippen molar-refractivity contribution in [3.05, 3.63) is 41.9 Å². The zero-order valence-electron chi connectivity index (χ0n) is 17.9. The van der Waals surface area contributed by atoms with Crippen LogP contribution in [0.25, 0.3) is 0 Å². The molecule has 0 aliphatic heterocycles. The molecular formula is C22H32IN3O4. The Balaban J connectivity index is 0.00000320. The Hall–Kier alpha value is -2.10. The van der Waals surface area contributed by atoms with Crippen LogP contribution in [0.3, 0.4) is 0 Å². The van der Waals surface area contributed by atoms with E-state index in [-0.39, 0.29) is 24.0 Å². The molecule has 1 heterocycles. The average molecular weight is 529 g/mol. The lowest BCUT2D eigenvalue weighted by Gasteiger charge is -2.18. The summed E-state index contributed by atoms with van der Waals surface area (Å²) in [6.45, 7) is 1.25. The Morgan fingerprint density at radius 1 is 1.10 bits per heavy atom. The van der Waals surface area contributed by atoms with Gasteiger partial charge in [-0.2, -0.15) is 0 Å². The van der Waals surface area contributed by atoms with Crippen molar-refractivity contribution in [2.45, 2.75) is 44.7 Å². The van der Waals surface area contributed by atoms with Gasteiger partial charge < -0.3 is 29.3 Å². The van der Waals surface area contributed by atoms with E-state index < -0.39 is 0 Å².